The van der Waals surface area contributed by atoms with E-state index in [0.717, 1.165) is 5.56 Å². The quantitative estimate of drug-likeness (QED) is 0.559. The van der Waals surface area contributed by atoms with E-state index in [-0.39, 0.29) is 5.56 Å². The first-order chi connectivity index (χ1) is 15.1. The first-order valence-electron chi connectivity index (χ1n) is 9.41. The lowest BCUT2D eigenvalue weighted by Gasteiger charge is -2.12. The summed E-state index contributed by atoms with van der Waals surface area (Å²) >= 11 is 0. The third-order valence-corrected chi connectivity index (χ3v) is 4.27. The van der Waals surface area contributed by atoms with Gasteiger partial charge in [-0.3, -0.25) is 4.79 Å². The van der Waals surface area contributed by atoms with E-state index in [9.17, 15) is 9.59 Å². The van der Waals surface area contributed by atoms with Crippen molar-refractivity contribution in [2.75, 3.05) is 19.0 Å². The van der Waals surface area contributed by atoms with E-state index in [2.05, 4.69) is 5.32 Å². The van der Waals surface area contributed by atoms with Crippen LogP contribution >= 0.6 is 0 Å². The van der Waals surface area contributed by atoms with Crippen molar-refractivity contribution in [3.63, 3.8) is 0 Å². The average molecular weight is 416 g/mol. The summed E-state index contributed by atoms with van der Waals surface area (Å²) in [5.41, 5.74) is 2.22. The monoisotopic (exact) mass is 416 g/mol. The highest BCUT2D eigenvalue weighted by Gasteiger charge is 2.14. The number of nitrogens with zero attached hydrogens (tertiary/aromatic N) is 1. The normalized spacial score (nSPS) is 9.94. The molecule has 0 saturated heterocycles. The molecule has 0 fully saturated rings. The lowest BCUT2D eigenvalue weighted by Crippen LogP contribution is -2.21. The fourth-order valence-electron chi connectivity index (χ4n) is 2.69. The lowest BCUT2D eigenvalue weighted by atomic mass is 10.2. The third kappa shape index (κ3) is 6.08. The van der Waals surface area contributed by atoms with Gasteiger partial charge in [0.15, 0.2) is 18.1 Å². The maximum atomic E-state index is 12.3. The Morgan fingerprint density at radius 2 is 1.71 bits per heavy atom. The van der Waals surface area contributed by atoms with Crippen LogP contribution in [-0.4, -0.2) is 25.6 Å². The highest BCUT2D eigenvalue weighted by molar-refractivity contribution is 5.95. The SMILES string of the molecule is COc1cc(C(=O)OCC(=O)Nc2ccc(C#N)cc2)ccc1OCc1ccccc1. The maximum absolute atomic E-state index is 12.3. The van der Waals surface area contributed by atoms with Gasteiger partial charge in [0, 0.05) is 5.69 Å². The second-order valence-corrected chi connectivity index (χ2v) is 6.45. The van der Waals surface area contributed by atoms with Gasteiger partial charge in [-0.15, -0.1) is 0 Å². The summed E-state index contributed by atoms with van der Waals surface area (Å²) in [4.78, 5) is 24.3. The predicted octanol–water partition coefficient (Wildman–Crippen LogP) is 3.94. The summed E-state index contributed by atoms with van der Waals surface area (Å²) in [6, 6.07) is 22.7. The highest BCUT2D eigenvalue weighted by Crippen LogP contribution is 2.29. The Hall–Kier alpha value is -4.31. The van der Waals surface area contributed by atoms with Gasteiger partial charge < -0.3 is 19.5 Å². The van der Waals surface area contributed by atoms with E-state index in [1.165, 1.54) is 13.2 Å². The molecule has 1 N–H and O–H groups in total. The Balaban J connectivity index is 1.55. The molecular formula is C24H20N2O5. The van der Waals surface area contributed by atoms with Gasteiger partial charge in [0.25, 0.3) is 5.91 Å². The Morgan fingerprint density at radius 3 is 2.39 bits per heavy atom. The Morgan fingerprint density at radius 1 is 0.968 bits per heavy atom. The molecule has 0 aliphatic heterocycles. The molecule has 156 valence electrons. The number of benzene rings is 3. The third-order valence-electron chi connectivity index (χ3n) is 4.27. The summed E-state index contributed by atoms with van der Waals surface area (Å²) < 4.78 is 16.2. The van der Waals surface area contributed by atoms with Gasteiger partial charge in [0.05, 0.1) is 24.3 Å². The molecule has 0 aliphatic carbocycles. The summed E-state index contributed by atoms with van der Waals surface area (Å²) in [5.74, 6) is -0.287. The molecule has 3 aromatic rings. The molecule has 7 heteroatoms. The maximum Gasteiger partial charge on any atom is 0.338 e. The molecular weight excluding hydrogens is 396 g/mol. The summed E-state index contributed by atoms with van der Waals surface area (Å²) in [6.45, 7) is -0.0933. The minimum Gasteiger partial charge on any atom is -0.493 e. The molecule has 3 aromatic carbocycles. The molecule has 1 amide bonds. The van der Waals surface area contributed by atoms with Crippen molar-refractivity contribution in [1.82, 2.24) is 0 Å². The molecule has 0 heterocycles. The van der Waals surface area contributed by atoms with Crippen LogP contribution in [0.5, 0.6) is 11.5 Å². The molecule has 0 saturated carbocycles. The molecule has 3 rings (SSSR count). The van der Waals surface area contributed by atoms with E-state index in [1.807, 2.05) is 36.4 Å². The van der Waals surface area contributed by atoms with Crippen molar-refractivity contribution in [2.24, 2.45) is 0 Å². The standard InChI is InChI=1S/C24H20N2O5/c1-29-22-13-19(9-12-21(22)30-15-18-5-3-2-4-6-18)24(28)31-16-23(27)26-20-10-7-17(14-25)8-11-20/h2-13H,15-16H2,1H3,(H,26,27). The molecule has 0 unspecified atom stereocenters. The number of amides is 1. The van der Waals surface area contributed by atoms with Crippen LogP contribution < -0.4 is 14.8 Å². The summed E-state index contributed by atoms with van der Waals surface area (Å²) in [7, 11) is 1.48. The van der Waals surface area contributed by atoms with Crippen LogP contribution in [0.25, 0.3) is 0 Å². The van der Waals surface area contributed by atoms with Crippen LogP contribution in [0, 0.1) is 11.3 Å². The second-order valence-electron chi connectivity index (χ2n) is 6.45. The van der Waals surface area contributed by atoms with Crippen LogP contribution in [0.15, 0.2) is 72.8 Å². The highest BCUT2D eigenvalue weighted by atomic mass is 16.5. The number of methoxy groups -OCH3 is 1. The molecule has 0 radical (unpaired) electrons. The van der Waals surface area contributed by atoms with Gasteiger partial charge in [0.1, 0.15) is 6.61 Å². The van der Waals surface area contributed by atoms with E-state index < -0.39 is 18.5 Å². The van der Waals surface area contributed by atoms with Gasteiger partial charge in [0.2, 0.25) is 0 Å². The van der Waals surface area contributed by atoms with Crippen LogP contribution in [0.4, 0.5) is 5.69 Å². The second kappa shape index (κ2) is 10.5. The lowest BCUT2D eigenvalue weighted by molar-refractivity contribution is -0.119. The zero-order valence-corrected chi connectivity index (χ0v) is 16.8. The van der Waals surface area contributed by atoms with E-state index in [4.69, 9.17) is 19.5 Å². The van der Waals surface area contributed by atoms with Crippen molar-refractivity contribution < 1.29 is 23.8 Å². The van der Waals surface area contributed by atoms with E-state index in [1.54, 1.807) is 36.4 Å². The van der Waals surface area contributed by atoms with Crippen molar-refractivity contribution in [3.05, 3.63) is 89.5 Å². The number of carbonyl (C=O) groups is 2. The number of rotatable bonds is 8. The van der Waals surface area contributed by atoms with E-state index in [0.29, 0.717) is 29.4 Å². The number of nitriles is 1. The molecule has 7 nitrogen and oxygen atoms in total. The largest absolute Gasteiger partial charge is 0.493 e. The molecule has 0 aliphatic rings. The van der Waals surface area contributed by atoms with Gasteiger partial charge in [-0.25, -0.2) is 4.79 Å². The number of carbonyl (C=O) groups excluding carboxylic acids is 2. The molecule has 31 heavy (non-hydrogen) atoms. The van der Waals surface area contributed by atoms with Crippen molar-refractivity contribution in [2.45, 2.75) is 6.61 Å². The smallest absolute Gasteiger partial charge is 0.338 e. The molecule has 0 bridgehead atoms. The fourth-order valence-corrected chi connectivity index (χ4v) is 2.69. The number of hydrogen-bond donors (Lipinski definition) is 1. The van der Waals surface area contributed by atoms with E-state index >= 15 is 0 Å². The average Bonchev–Trinajstić information content (AvgIpc) is 2.82. The van der Waals surface area contributed by atoms with Crippen molar-refractivity contribution in [1.29, 1.82) is 5.26 Å². The zero-order valence-electron chi connectivity index (χ0n) is 16.8. The van der Waals surface area contributed by atoms with Gasteiger partial charge in [-0.2, -0.15) is 5.26 Å². The van der Waals surface area contributed by atoms with Crippen LogP contribution in [-0.2, 0) is 16.1 Å². The first-order valence-corrected chi connectivity index (χ1v) is 9.41. The van der Waals surface area contributed by atoms with Crippen LogP contribution in [0.3, 0.4) is 0 Å². The number of nitrogens with one attached hydrogen (secondary N) is 1. The van der Waals surface area contributed by atoms with Crippen LogP contribution in [0.1, 0.15) is 21.5 Å². The van der Waals surface area contributed by atoms with Gasteiger partial charge >= 0.3 is 5.97 Å². The number of anilines is 1. The first kappa shape index (κ1) is 21.4. The minimum atomic E-state index is -0.664. The van der Waals surface area contributed by atoms with Gasteiger partial charge in [-0.1, -0.05) is 30.3 Å². The number of hydrogen-bond acceptors (Lipinski definition) is 6. The topological polar surface area (TPSA) is 97.6 Å². The minimum absolute atomic E-state index is 0.232. The number of ether oxygens (including phenoxy) is 3. The Kier molecular flexibility index (Phi) is 7.22. The Bertz CT molecular complexity index is 1090. The van der Waals surface area contributed by atoms with Crippen molar-refractivity contribution in [3.8, 4) is 17.6 Å². The summed E-state index contributed by atoms with van der Waals surface area (Å²) in [5, 5.41) is 11.4. The van der Waals surface area contributed by atoms with Crippen LogP contribution in [0.2, 0.25) is 0 Å². The zero-order chi connectivity index (χ0) is 22.1. The van der Waals surface area contributed by atoms with Gasteiger partial charge in [-0.05, 0) is 48.0 Å². The van der Waals surface area contributed by atoms with Crippen molar-refractivity contribution >= 4 is 17.6 Å². The fraction of sp³-hybridized carbons (Fsp3) is 0.125. The molecule has 0 atom stereocenters. The molecule has 0 aromatic heterocycles. The Labute approximate surface area is 179 Å². The predicted molar refractivity (Wildman–Crippen MR) is 114 cm³/mol. The molecule has 0 spiro atoms. The number of esters is 1. The summed E-state index contributed by atoms with van der Waals surface area (Å²) in [6.07, 6.45) is 0.